The summed E-state index contributed by atoms with van der Waals surface area (Å²) in [4.78, 5) is 27.3. The minimum absolute atomic E-state index is 0.0452. The summed E-state index contributed by atoms with van der Waals surface area (Å²) >= 11 is 0. The van der Waals surface area contributed by atoms with E-state index in [-0.39, 0.29) is 23.8 Å². The number of rotatable bonds is 10. The van der Waals surface area contributed by atoms with Crippen molar-refractivity contribution in [1.29, 1.82) is 0 Å². The van der Waals surface area contributed by atoms with Gasteiger partial charge in [-0.1, -0.05) is 37.3 Å². The third-order valence-electron chi connectivity index (χ3n) is 5.96. The molecule has 32 heavy (non-hydrogen) atoms. The van der Waals surface area contributed by atoms with Gasteiger partial charge in [-0.25, -0.2) is 0 Å². The van der Waals surface area contributed by atoms with Gasteiger partial charge in [0.25, 0.3) is 0 Å². The van der Waals surface area contributed by atoms with Gasteiger partial charge in [0.15, 0.2) is 0 Å². The summed E-state index contributed by atoms with van der Waals surface area (Å²) in [7, 11) is 1.63. The molecule has 172 valence electrons. The van der Waals surface area contributed by atoms with Gasteiger partial charge in [-0.15, -0.1) is 0 Å². The summed E-state index contributed by atoms with van der Waals surface area (Å²) < 4.78 is 10.8. The molecule has 0 radical (unpaired) electrons. The Morgan fingerprint density at radius 2 is 1.69 bits per heavy atom. The van der Waals surface area contributed by atoms with E-state index in [1.165, 1.54) is 0 Å². The Bertz CT molecular complexity index is 846. The number of hydrogen-bond donors (Lipinski definition) is 1. The number of nitrogens with one attached hydrogen (secondary N) is 1. The molecule has 0 aliphatic carbocycles. The van der Waals surface area contributed by atoms with Crippen molar-refractivity contribution in [2.45, 2.75) is 51.0 Å². The van der Waals surface area contributed by atoms with Crippen LogP contribution in [0, 0.1) is 0 Å². The number of likely N-dealkylation sites (tertiary alicyclic amines) is 1. The van der Waals surface area contributed by atoms with Crippen molar-refractivity contribution in [1.82, 2.24) is 10.2 Å². The van der Waals surface area contributed by atoms with Crippen LogP contribution < -0.4 is 14.8 Å². The van der Waals surface area contributed by atoms with Crippen LogP contribution in [0.25, 0.3) is 0 Å². The van der Waals surface area contributed by atoms with Gasteiger partial charge >= 0.3 is 0 Å². The summed E-state index contributed by atoms with van der Waals surface area (Å²) in [6.45, 7) is 3.92. The third-order valence-corrected chi connectivity index (χ3v) is 5.96. The van der Waals surface area contributed by atoms with E-state index >= 15 is 0 Å². The zero-order chi connectivity index (χ0) is 22.8. The smallest absolute Gasteiger partial charge is 0.230 e. The average molecular weight is 439 g/mol. The van der Waals surface area contributed by atoms with Crippen molar-refractivity contribution in [3.05, 3.63) is 60.2 Å². The fourth-order valence-corrected chi connectivity index (χ4v) is 4.10. The zero-order valence-corrected chi connectivity index (χ0v) is 19.1. The number of amides is 2. The molecule has 3 rings (SSSR count). The second kappa shape index (κ2) is 12.1. The maximum absolute atomic E-state index is 13.0. The van der Waals surface area contributed by atoms with Crippen LogP contribution in [0.4, 0.5) is 0 Å². The molecule has 0 saturated carbocycles. The van der Waals surface area contributed by atoms with Gasteiger partial charge in [-0.3, -0.25) is 9.59 Å². The molecule has 1 aliphatic rings. The van der Waals surface area contributed by atoms with Gasteiger partial charge in [-0.2, -0.15) is 0 Å². The molecule has 0 spiro atoms. The first-order valence-corrected chi connectivity index (χ1v) is 11.5. The van der Waals surface area contributed by atoms with E-state index in [1.807, 2.05) is 59.5 Å². The summed E-state index contributed by atoms with van der Waals surface area (Å²) in [6, 6.07) is 17.5. The second-order valence-electron chi connectivity index (χ2n) is 8.17. The van der Waals surface area contributed by atoms with E-state index in [1.54, 1.807) is 7.11 Å². The molecule has 2 aromatic carbocycles. The topological polar surface area (TPSA) is 67.9 Å². The van der Waals surface area contributed by atoms with E-state index in [2.05, 4.69) is 12.2 Å². The first-order chi connectivity index (χ1) is 15.6. The van der Waals surface area contributed by atoms with E-state index in [0.717, 1.165) is 36.3 Å². The first kappa shape index (κ1) is 23.6. The lowest BCUT2D eigenvalue weighted by Gasteiger charge is -2.34. The van der Waals surface area contributed by atoms with Crippen molar-refractivity contribution < 1.29 is 19.1 Å². The molecule has 2 aromatic rings. The normalized spacial score (nSPS) is 15.1. The van der Waals surface area contributed by atoms with Gasteiger partial charge in [0, 0.05) is 25.6 Å². The molecule has 0 aromatic heterocycles. The van der Waals surface area contributed by atoms with Crippen molar-refractivity contribution in [2.24, 2.45) is 0 Å². The number of ether oxygens (including phenoxy) is 2. The SMILES string of the molecule is CCC(C(=O)N1CCC(NC(=O)CCCOc2ccc(OC)cc2)CC1)c1ccccc1. The second-order valence-corrected chi connectivity index (χ2v) is 8.17. The Kier molecular flexibility index (Phi) is 8.96. The van der Waals surface area contributed by atoms with Crippen molar-refractivity contribution in [3.63, 3.8) is 0 Å². The maximum atomic E-state index is 13.0. The van der Waals surface area contributed by atoms with Gasteiger partial charge < -0.3 is 19.7 Å². The van der Waals surface area contributed by atoms with E-state index < -0.39 is 0 Å². The molecular formula is C26H34N2O4. The average Bonchev–Trinajstić information content (AvgIpc) is 2.84. The van der Waals surface area contributed by atoms with E-state index in [9.17, 15) is 9.59 Å². The predicted molar refractivity (Wildman–Crippen MR) is 125 cm³/mol. The fraction of sp³-hybridized carbons (Fsp3) is 0.462. The highest BCUT2D eigenvalue weighted by atomic mass is 16.5. The van der Waals surface area contributed by atoms with Crippen LogP contribution in [0.15, 0.2) is 54.6 Å². The number of nitrogens with zero attached hydrogens (tertiary/aromatic N) is 1. The molecule has 1 heterocycles. The molecular weight excluding hydrogens is 404 g/mol. The Morgan fingerprint density at radius 1 is 1.03 bits per heavy atom. The summed E-state index contributed by atoms with van der Waals surface area (Å²) in [5.74, 6) is 1.70. The number of hydrogen-bond acceptors (Lipinski definition) is 4. The number of benzene rings is 2. The number of carbonyl (C=O) groups excluding carboxylic acids is 2. The van der Waals surface area contributed by atoms with Crippen LogP contribution in [0.5, 0.6) is 11.5 Å². The lowest BCUT2D eigenvalue weighted by Crippen LogP contribution is -2.47. The van der Waals surface area contributed by atoms with E-state index in [0.29, 0.717) is 32.5 Å². The highest BCUT2D eigenvalue weighted by Gasteiger charge is 2.28. The summed E-state index contributed by atoms with van der Waals surface area (Å²) in [5.41, 5.74) is 1.08. The molecule has 1 N–H and O–H groups in total. The Morgan fingerprint density at radius 3 is 2.31 bits per heavy atom. The van der Waals surface area contributed by atoms with Gasteiger partial charge in [0.1, 0.15) is 11.5 Å². The first-order valence-electron chi connectivity index (χ1n) is 11.5. The Labute approximate surface area is 190 Å². The predicted octanol–water partition coefficient (Wildman–Crippen LogP) is 4.16. The Hall–Kier alpha value is -3.02. The number of piperidine rings is 1. The molecule has 2 amide bonds. The molecule has 1 atom stereocenters. The molecule has 1 fully saturated rings. The van der Waals surface area contributed by atoms with Crippen molar-refractivity contribution in [3.8, 4) is 11.5 Å². The quantitative estimate of drug-likeness (QED) is 0.566. The van der Waals surface area contributed by atoms with E-state index in [4.69, 9.17) is 9.47 Å². The van der Waals surface area contributed by atoms with Gasteiger partial charge in [0.2, 0.25) is 11.8 Å². The lowest BCUT2D eigenvalue weighted by molar-refractivity contribution is -0.134. The summed E-state index contributed by atoms with van der Waals surface area (Å²) in [6.07, 6.45) is 3.47. The standard InChI is InChI=1S/C26H34N2O4/c1-3-24(20-8-5-4-6-9-20)26(30)28-17-15-21(16-18-28)27-25(29)10-7-19-32-23-13-11-22(31-2)12-14-23/h4-6,8-9,11-14,21,24H,3,7,10,15-19H2,1-2H3,(H,27,29). The maximum Gasteiger partial charge on any atom is 0.230 e. The fourth-order valence-electron chi connectivity index (χ4n) is 4.10. The minimum atomic E-state index is -0.0898. The van der Waals surface area contributed by atoms with Gasteiger partial charge in [0.05, 0.1) is 19.6 Å². The Balaban J connectivity index is 1.35. The van der Waals surface area contributed by atoms with Crippen molar-refractivity contribution in [2.75, 3.05) is 26.8 Å². The number of carbonyl (C=O) groups is 2. The summed E-state index contributed by atoms with van der Waals surface area (Å²) in [5, 5.41) is 3.12. The molecule has 1 aliphatic heterocycles. The van der Waals surface area contributed by atoms with Gasteiger partial charge in [-0.05, 0) is 55.5 Å². The van der Waals surface area contributed by atoms with Crippen LogP contribution in [-0.2, 0) is 9.59 Å². The van der Waals surface area contributed by atoms with Crippen LogP contribution in [0.2, 0.25) is 0 Å². The largest absolute Gasteiger partial charge is 0.497 e. The zero-order valence-electron chi connectivity index (χ0n) is 19.1. The molecule has 1 saturated heterocycles. The van der Waals surface area contributed by atoms with Crippen molar-refractivity contribution >= 4 is 11.8 Å². The molecule has 0 bridgehead atoms. The van der Waals surface area contributed by atoms with Crippen LogP contribution in [0.1, 0.15) is 50.5 Å². The number of methoxy groups -OCH3 is 1. The third kappa shape index (κ3) is 6.74. The monoisotopic (exact) mass is 438 g/mol. The lowest BCUT2D eigenvalue weighted by atomic mass is 9.93. The van der Waals surface area contributed by atoms with Crippen LogP contribution in [-0.4, -0.2) is 49.6 Å². The van der Waals surface area contributed by atoms with Crippen LogP contribution in [0.3, 0.4) is 0 Å². The highest BCUT2D eigenvalue weighted by molar-refractivity contribution is 5.84. The molecule has 6 heteroatoms. The minimum Gasteiger partial charge on any atom is -0.497 e. The highest BCUT2D eigenvalue weighted by Crippen LogP contribution is 2.24. The van der Waals surface area contributed by atoms with Crippen LogP contribution >= 0.6 is 0 Å². The molecule has 1 unspecified atom stereocenters. The molecule has 6 nitrogen and oxygen atoms in total.